The molecule has 4 nitrogen and oxygen atoms in total. The third-order valence-corrected chi connectivity index (χ3v) is 2.41. The largest absolute Gasteiger partial charge is 0.465 e. The molecule has 0 fully saturated rings. The van der Waals surface area contributed by atoms with Crippen LogP contribution in [0, 0.1) is 0 Å². The minimum Gasteiger partial charge on any atom is -0.465 e. The molecule has 0 unspecified atom stereocenters. The number of furan rings is 1. The highest BCUT2D eigenvalue weighted by atomic mass is 79.9. The van der Waals surface area contributed by atoms with Crippen LogP contribution in [0.15, 0.2) is 51.8 Å². The van der Waals surface area contributed by atoms with Gasteiger partial charge in [-0.3, -0.25) is 4.79 Å². The SMILES string of the molecule is O=C(/C=C/c1ccco1)Nc1ccc(Br)nc1. The van der Waals surface area contributed by atoms with Gasteiger partial charge in [0.25, 0.3) is 0 Å². The lowest BCUT2D eigenvalue weighted by molar-refractivity contribution is -0.111. The summed E-state index contributed by atoms with van der Waals surface area (Å²) in [4.78, 5) is 15.5. The number of halogens is 1. The molecule has 0 aliphatic carbocycles. The van der Waals surface area contributed by atoms with Crippen molar-refractivity contribution in [1.82, 2.24) is 4.98 Å². The van der Waals surface area contributed by atoms with Gasteiger partial charge in [-0.15, -0.1) is 0 Å². The van der Waals surface area contributed by atoms with Gasteiger partial charge < -0.3 is 9.73 Å². The predicted octanol–water partition coefficient (Wildman–Crippen LogP) is 3.09. The van der Waals surface area contributed by atoms with Gasteiger partial charge in [0.2, 0.25) is 5.91 Å². The molecule has 17 heavy (non-hydrogen) atoms. The van der Waals surface area contributed by atoms with Crippen molar-refractivity contribution >= 4 is 33.6 Å². The first-order valence-corrected chi connectivity index (χ1v) is 5.67. The average molecular weight is 293 g/mol. The molecule has 0 saturated heterocycles. The third-order valence-electron chi connectivity index (χ3n) is 1.94. The lowest BCUT2D eigenvalue weighted by atomic mass is 10.3. The maximum Gasteiger partial charge on any atom is 0.248 e. The number of aromatic nitrogens is 1. The summed E-state index contributed by atoms with van der Waals surface area (Å²) in [5.41, 5.74) is 0.641. The van der Waals surface area contributed by atoms with E-state index in [4.69, 9.17) is 4.42 Å². The summed E-state index contributed by atoms with van der Waals surface area (Å²) in [5.74, 6) is 0.402. The van der Waals surface area contributed by atoms with E-state index in [-0.39, 0.29) is 5.91 Å². The Morgan fingerprint density at radius 2 is 2.29 bits per heavy atom. The van der Waals surface area contributed by atoms with Crippen LogP contribution in [0.25, 0.3) is 6.08 Å². The van der Waals surface area contributed by atoms with Crippen molar-refractivity contribution in [3.8, 4) is 0 Å². The number of hydrogen-bond acceptors (Lipinski definition) is 3. The van der Waals surface area contributed by atoms with Crippen LogP contribution in [0.1, 0.15) is 5.76 Å². The summed E-state index contributed by atoms with van der Waals surface area (Å²) >= 11 is 3.22. The van der Waals surface area contributed by atoms with Gasteiger partial charge >= 0.3 is 0 Å². The monoisotopic (exact) mass is 292 g/mol. The highest BCUT2D eigenvalue weighted by molar-refractivity contribution is 9.10. The number of carbonyl (C=O) groups excluding carboxylic acids is 1. The first kappa shape index (κ1) is 11.6. The van der Waals surface area contributed by atoms with E-state index in [2.05, 4.69) is 26.2 Å². The van der Waals surface area contributed by atoms with Crippen molar-refractivity contribution in [2.75, 3.05) is 5.32 Å². The molecular weight excluding hydrogens is 284 g/mol. The summed E-state index contributed by atoms with van der Waals surface area (Å²) in [7, 11) is 0. The molecule has 0 aliphatic heterocycles. The van der Waals surface area contributed by atoms with Gasteiger partial charge in [-0.05, 0) is 46.3 Å². The average Bonchev–Trinajstić information content (AvgIpc) is 2.83. The van der Waals surface area contributed by atoms with E-state index in [0.717, 1.165) is 4.60 Å². The normalized spacial score (nSPS) is 10.6. The van der Waals surface area contributed by atoms with Gasteiger partial charge in [-0.1, -0.05) is 0 Å². The Morgan fingerprint density at radius 1 is 1.41 bits per heavy atom. The summed E-state index contributed by atoms with van der Waals surface area (Å²) < 4.78 is 5.79. The number of pyridine rings is 1. The Hall–Kier alpha value is -1.88. The van der Waals surface area contributed by atoms with Crippen LogP contribution in [0.4, 0.5) is 5.69 Å². The van der Waals surface area contributed by atoms with Gasteiger partial charge in [-0.25, -0.2) is 4.98 Å². The quantitative estimate of drug-likeness (QED) is 0.699. The molecule has 2 aromatic heterocycles. The van der Waals surface area contributed by atoms with E-state index in [1.54, 1.807) is 42.8 Å². The number of anilines is 1. The zero-order chi connectivity index (χ0) is 12.1. The fourth-order valence-corrected chi connectivity index (χ4v) is 1.41. The van der Waals surface area contributed by atoms with E-state index < -0.39 is 0 Å². The lowest BCUT2D eigenvalue weighted by Crippen LogP contribution is -2.07. The second-order valence-corrected chi connectivity index (χ2v) is 4.02. The Kier molecular flexibility index (Phi) is 3.72. The van der Waals surface area contributed by atoms with E-state index in [0.29, 0.717) is 11.4 Å². The van der Waals surface area contributed by atoms with Crippen LogP contribution in [-0.2, 0) is 4.79 Å². The Bertz CT molecular complexity index is 518. The Labute approximate surface area is 106 Å². The smallest absolute Gasteiger partial charge is 0.248 e. The molecule has 0 radical (unpaired) electrons. The van der Waals surface area contributed by atoms with E-state index >= 15 is 0 Å². The Morgan fingerprint density at radius 3 is 2.94 bits per heavy atom. The standard InChI is InChI=1S/C12H9BrN2O2/c13-11-5-3-9(8-14-11)15-12(16)6-4-10-2-1-7-17-10/h1-8H,(H,15,16)/b6-4+. The van der Waals surface area contributed by atoms with Gasteiger partial charge in [0.15, 0.2) is 0 Å². The molecule has 0 spiro atoms. The van der Waals surface area contributed by atoms with E-state index in [1.807, 2.05) is 0 Å². The molecule has 1 N–H and O–H groups in total. The molecule has 5 heteroatoms. The van der Waals surface area contributed by atoms with Crippen LogP contribution in [-0.4, -0.2) is 10.9 Å². The molecular formula is C12H9BrN2O2. The number of nitrogens with one attached hydrogen (secondary N) is 1. The van der Waals surface area contributed by atoms with Crippen LogP contribution in [0.3, 0.4) is 0 Å². The van der Waals surface area contributed by atoms with Gasteiger partial charge in [-0.2, -0.15) is 0 Å². The van der Waals surface area contributed by atoms with E-state index in [1.165, 1.54) is 6.08 Å². The maximum absolute atomic E-state index is 11.5. The van der Waals surface area contributed by atoms with Crippen LogP contribution >= 0.6 is 15.9 Å². The number of rotatable bonds is 3. The highest BCUT2D eigenvalue weighted by Gasteiger charge is 1.98. The van der Waals surface area contributed by atoms with Crippen LogP contribution < -0.4 is 5.32 Å². The minimum absolute atomic E-state index is 0.231. The van der Waals surface area contributed by atoms with Crippen molar-refractivity contribution in [2.24, 2.45) is 0 Å². The first-order chi connectivity index (χ1) is 8.24. The third kappa shape index (κ3) is 3.57. The van der Waals surface area contributed by atoms with Crippen LogP contribution in [0.5, 0.6) is 0 Å². The predicted molar refractivity (Wildman–Crippen MR) is 68.3 cm³/mol. The molecule has 2 aromatic rings. The summed E-state index contributed by atoms with van der Waals surface area (Å²) in [6, 6.07) is 7.04. The second kappa shape index (κ2) is 5.45. The van der Waals surface area contributed by atoms with Crippen molar-refractivity contribution < 1.29 is 9.21 Å². The zero-order valence-corrected chi connectivity index (χ0v) is 10.3. The van der Waals surface area contributed by atoms with Crippen molar-refractivity contribution in [3.63, 3.8) is 0 Å². The van der Waals surface area contributed by atoms with Crippen molar-refractivity contribution in [1.29, 1.82) is 0 Å². The zero-order valence-electron chi connectivity index (χ0n) is 8.76. The van der Waals surface area contributed by atoms with Crippen molar-refractivity contribution in [3.05, 3.63) is 53.2 Å². The fraction of sp³-hybridized carbons (Fsp3) is 0. The summed E-state index contributed by atoms with van der Waals surface area (Å²) in [6.07, 6.45) is 6.13. The highest BCUT2D eigenvalue weighted by Crippen LogP contribution is 2.10. The number of hydrogen-bond donors (Lipinski definition) is 1. The molecule has 0 aromatic carbocycles. The fourth-order valence-electron chi connectivity index (χ4n) is 1.18. The molecule has 2 heterocycles. The first-order valence-electron chi connectivity index (χ1n) is 4.88. The van der Waals surface area contributed by atoms with Crippen LogP contribution in [0.2, 0.25) is 0 Å². The van der Waals surface area contributed by atoms with Gasteiger partial charge in [0.05, 0.1) is 18.1 Å². The lowest BCUT2D eigenvalue weighted by Gasteiger charge is -2.00. The molecule has 0 aliphatic rings. The molecule has 2 rings (SSSR count). The summed E-state index contributed by atoms with van der Waals surface area (Å²) in [5, 5.41) is 2.68. The molecule has 86 valence electrons. The molecule has 0 atom stereocenters. The van der Waals surface area contributed by atoms with Crippen molar-refractivity contribution in [2.45, 2.75) is 0 Å². The van der Waals surface area contributed by atoms with E-state index in [9.17, 15) is 4.79 Å². The number of carbonyl (C=O) groups is 1. The molecule has 0 bridgehead atoms. The number of nitrogens with zero attached hydrogens (tertiary/aromatic N) is 1. The Balaban J connectivity index is 1.95. The maximum atomic E-state index is 11.5. The molecule has 0 saturated carbocycles. The van der Waals surface area contributed by atoms with Gasteiger partial charge in [0, 0.05) is 6.08 Å². The molecule has 1 amide bonds. The topological polar surface area (TPSA) is 55.1 Å². The van der Waals surface area contributed by atoms with Gasteiger partial charge in [0.1, 0.15) is 10.4 Å². The number of amides is 1. The minimum atomic E-state index is -0.231. The summed E-state index contributed by atoms with van der Waals surface area (Å²) in [6.45, 7) is 0. The second-order valence-electron chi connectivity index (χ2n) is 3.21.